The molecule has 4 aliphatic carbocycles. The lowest BCUT2D eigenvalue weighted by atomic mass is 9.48. The first-order chi connectivity index (χ1) is 17.4. The van der Waals surface area contributed by atoms with Crippen molar-refractivity contribution in [1.29, 1.82) is 0 Å². The third-order valence-corrected chi connectivity index (χ3v) is 10.6. The van der Waals surface area contributed by atoms with Crippen LogP contribution >= 0.6 is 11.3 Å². The van der Waals surface area contributed by atoms with Gasteiger partial charge in [0.25, 0.3) is 5.91 Å². The molecular formula is C30H33N3O2S. The number of hydrogen-bond acceptors (Lipinski definition) is 5. The molecule has 2 atom stereocenters. The molecule has 3 aromatic rings. The number of rotatable bonds is 5. The zero-order chi connectivity index (χ0) is 24.6. The van der Waals surface area contributed by atoms with Gasteiger partial charge in [0.2, 0.25) is 5.91 Å². The summed E-state index contributed by atoms with van der Waals surface area (Å²) in [6, 6.07) is 13.8. The first-order valence-electron chi connectivity index (χ1n) is 13.5. The average molecular weight is 500 g/mol. The van der Waals surface area contributed by atoms with Gasteiger partial charge >= 0.3 is 0 Å². The molecule has 5 nitrogen and oxygen atoms in total. The van der Waals surface area contributed by atoms with Crippen LogP contribution in [0.5, 0.6) is 0 Å². The lowest BCUT2D eigenvalue weighted by molar-refractivity contribution is -0.122. The molecule has 1 N–H and O–H groups in total. The van der Waals surface area contributed by atoms with Crippen molar-refractivity contribution in [3.05, 3.63) is 48.0 Å². The molecule has 4 bridgehead atoms. The number of nitrogens with one attached hydrogen (secondary N) is 1. The van der Waals surface area contributed by atoms with Crippen LogP contribution in [0.4, 0.5) is 5.69 Å². The van der Waals surface area contributed by atoms with Crippen molar-refractivity contribution in [2.45, 2.75) is 70.9 Å². The molecule has 186 valence electrons. The Morgan fingerprint density at radius 2 is 1.67 bits per heavy atom. The largest absolute Gasteiger partial charge is 0.302 e. The van der Waals surface area contributed by atoms with Gasteiger partial charge in [-0.15, -0.1) is 11.3 Å². The molecule has 36 heavy (non-hydrogen) atoms. The van der Waals surface area contributed by atoms with E-state index in [0.29, 0.717) is 11.1 Å². The Morgan fingerprint density at radius 3 is 2.33 bits per heavy atom. The molecule has 2 amide bonds. The Kier molecular flexibility index (Phi) is 5.16. The number of thiazole rings is 1. The highest BCUT2D eigenvalue weighted by Crippen LogP contribution is 2.61. The van der Waals surface area contributed by atoms with E-state index in [9.17, 15) is 9.59 Å². The van der Waals surface area contributed by atoms with Crippen LogP contribution in [0.3, 0.4) is 0 Å². The maximum absolute atomic E-state index is 13.4. The van der Waals surface area contributed by atoms with Crippen molar-refractivity contribution in [2.75, 3.05) is 4.90 Å². The van der Waals surface area contributed by atoms with Crippen molar-refractivity contribution >= 4 is 39.1 Å². The molecule has 1 saturated heterocycles. The third-order valence-electron chi connectivity index (χ3n) is 9.52. The number of anilines is 1. The third kappa shape index (κ3) is 3.64. The number of aryl methyl sites for hydroxylation is 1. The molecule has 8 rings (SSSR count). The Bertz CT molecular complexity index is 1320. The minimum absolute atomic E-state index is 0.111. The van der Waals surface area contributed by atoms with Gasteiger partial charge in [-0.2, -0.15) is 0 Å². The van der Waals surface area contributed by atoms with Gasteiger partial charge in [-0.25, -0.2) is 9.88 Å². The van der Waals surface area contributed by atoms with E-state index >= 15 is 0 Å². The fraction of sp³-hybridized carbons (Fsp3) is 0.500. The molecule has 2 heterocycles. The molecule has 5 aliphatic rings. The topological polar surface area (TPSA) is 62.3 Å². The Labute approximate surface area is 216 Å². The monoisotopic (exact) mass is 499 g/mol. The number of benzene rings is 2. The van der Waals surface area contributed by atoms with Gasteiger partial charge in [-0.05, 0) is 118 Å². The van der Waals surface area contributed by atoms with Crippen molar-refractivity contribution in [3.63, 3.8) is 0 Å². The van der Waals surface area contributed by atoms with Gasteiger partial charge in [0.1, 0.15) is 5.01 Å². The van der Waals surface area contributed by atoms with E-state index in [-0.39, 0.29) is 24.3 Å². The second-order valence-electron chi connectivity index (χ2n) is 12.0. The quantitative estimate of drug-likeness (QED) is 0.431. The summed E-state index contributed by atoms with van der Waals surface area (Å²) in [5.74, 6) is 2.39. The summed E-state index contributed by atoms with van der Waals surface area (Å²) < 4.78 is 1.17. The summed E-state index contributed by atoms with van der Waals surface area (Å²) in [5.41, 5.74) is 4.18. The standard InChI is InChI=1S/C30H33N3O2S/c1-17-3-8-24-26(9-17)36-28(32-24)22-4-6-23(7-5-22)33-27(34)13-25(29(33)35)31-18(2)30-14-19-10-20(15-30)12-21(11-19)16-30/h3-9,18-21,25,31H,10-16H2,1-2H3. The van der Waals surface area contributed by atoms with E-state index in [1.54, 1.807) is 11.3 Å². The molecule has 1 aliphatic heterocycles. The van der Waals surface area contributed by atoms with E-state index in [0.717, 1.165) is 33.8 Å². The first kappa shape index (κ1) is 22.6. The summed E-state index contributed by atoms with van der Waals surface area (Å²) in [6.07, 6.45) is 8.35. The van der Waals surface area contributed by atoms with Crippen LogP contribution in [0.25, 0.3) is 20.8 Å². The van der Waals surface area contributed by atoms with Crippen LogP contribution in [-0.4, -0.2) is 28.9 Å². The minimum atomic E-state index is -0.423. The molecule has 6 heteroatoms. The molecule has 0 radical (unpaired) electrons. The SMILES string of the molecule is Cc1ccc2nc(-c3ccc(N4C(=O)CC(NC(C)C56CC7CC(CC(C7)C5)C6)C4=O)cc3)sc2c1. The summed E-state index contributed by atoms with van der Waals surface area (Å²) in [5, 5.41) is 4.60. The second kappa shape index (κ2) is 8.22. The van der Waals surface area contributed by atoms with Gasteiger partial charge in [-0.1, -0.05) is 6.07 Å². The van der Waals surface area contributed by atoms with Crippen LogP contribution in [0.1, 0.15) is 57.4 Å². The van der Waals surface area contributed by atoms with Crippen LogP contribution in [0.15, 0.2) is 42.5 Å². The molecule has 5 fully saturated rings. The van der Waals surface area contributed by atoms with E-state index in [4.69, 9.17) is 4.98 Å². The van der Waals surface area contributed by atoms with Crippen molar-refractivity contribution in [2.24, 2.45) is 23.2 Å². The lowest BCUT2D eigenvalue weighted by Gasteiger charge is -2.59. The van der Waals surface area contributed by atoms with E-state index in [1.807, 2.05) is 24.3 Å². The van der Waals surface area contributed by atoms with Crippen molar-refractivity contribution < 1.29 is 9.59 Å². The number of hydrogen-bond donors (Lipinski definition) is 1. The zero-order valence-electron chi connectivity index (χ0n) is 21.0. The Hall–Kier alpha value is -2.57. The molecule has 2 unspecified atom stereocenters. The van der Waals surface area contributed by atoms with Crippen LogP contribution in [0, 0.1) is 30.1 Å². The number of imide groups is 1. The predicted molar refractivity (Wildman–Crippen MR) is 144 cm³/mol. The van der Waals surface area contributed by atoms with E-state index in [2.05, 4.69) is 37.4 Å². The lowest BCUT2D eigenvalue weighted by Crippen LogP contribution is -2.57. The predicted octanol–water partition coefficient (Wildman–Crippen LogP) is 6.10. The fourth-order valence-corrected chi connectivity index (χ4v) is 9.20. The highest BCUT2D eigenvalue weighted by Gasteiger charge is 2.54. The fourth-order valence-electron chi connectivity index (χ4n) is 8.13. The molecule has 0 spiro atoms. The van der Waals surface area contributed by atoms with Gasteiger partial charge in [0.05, 0.1) is 28.4 Å². The molecular weight excluding hydrogens is 466 g/mol. The van der Waals surface area contributed by atoms with Crippen LogP contribution in [-0.2, 0) is 9.59 Å². The van der Waals surface area contributed by atoms with Crippen LogP contribution < -0.4 is 10.2 Å². The smallest absolute Gasteiger partial charge is 0.251 e. The van der Waals surface area contributed by atoms with E-state index < -0.39 is 6.04 Å². The maximum Gasteiger partial charge on any atom is 0.251 e. The summed E-state index contributed by atoms with van der Waals surface area (Å²) in [4.78, 5) is 32.5. The zero-order valence-corrected chi connectivity index (χ0v) is 21.8. The molecule has 2 aromatic carbocycles. The van der Waals surface area contributed by atoms with Gasteiger partial charge in [0, 0.05) is 11.6 Å². The van der Waals surface area contributed by atoms with Gasteiger partial charge in [-0.3, -0.25) is 9.59 Å². The number of amides is 2. The van der Waals surface area contributed by atoms with Crippen molar-refractivity contribution in [3.8, 4) is 10.6 Å². The molecule has 4 saturated carbocycles. The minimum Gasteiger partial charge on any atom is -0.302 e. The average Bonchev–Trinajstić information content (AvgIpc) is 3.38. The number of fused-ring (bicyclic) bond motifs is 1. The van der Waals surface area contributed by atoms with Crippen molar-refractivity contribution in [1.82, 2.24) is 10.3 Å². The van der Waals surface area contributed by atoms with Gasteiger partial charge in [0.15, 0.2) is 0 Å². The molecule has 1 aromatic heterocycles. The maximum atomic E-state index is 13.4. The highest BCUT2D eigenvalue weighted by atomic mass is 32.1. The summed E-state index contributed by atoms with van der Waals surface area (Å²) >= 11 is 1.67. The Morgan fingerprint density at radius 1 is 1.00 bits per heavy atom. The Balaban J connectivity index is 1.07. The first-order valence-corrected chi connectivity index (χ1v) is 14.3. The number of carbonyl (C=O) groups is 2. The van der Waals surface area contributed by atoms with Gasteiger partial charge < -0.3 is 5.32 Å². The normalized spacial score (nSPS) is 32.1. The van der Waals surface area contributed by atoms with E-state index in [1.165, 1.54) is 53.7 Å². The number of carbonyl (C=O) groups excluding carboxylic acids is 2. The number of nitrogens with zero attached hydrogens (tertiary/aromatic N) is 2. The summed E-state index contributed by atoms with van der Waals surface area (Å²) in [6.45, 7) is 4.35. The highest BCUT2D eigenvalue weighted by molar-refractivity contribution is 7.21. The second-order valence-corrected chi connectivity index (χ2v) is 13.1. The summed E-state index contributed by atoms with van der Waals surface area (Å²) in [7, 11) is 0. The number of aromatic nitrogens is 1. The van der Waals surface area contributed by atoms with Crippen LogP contribution in [0.2, 0.25) is 0 Å².